The average Bonchev–Trinajstić information content (AvgIpc) is 3.31. The maximum atomic E-state index is 11.7. The quantitative estimate of drug-likeness (QED) is 0.420. The summed E-state index contributed by atoms with van der Waals surface area (Å²) in [5.41, 5.74) is 13.5. The maximum Gasteiger partial charge on any atom is 0.248 e. The fourth-order valence-electron chi connectivity index (χ4n) is 5.48. The number of aryl methyl sites for hydroxylation is 1. The summed E-state index contributed by atoms with van der Waals surface area (Å²) in [6.45, 7) is 7.54. The lowest BCUT2D eigenvalue weighted by Gasteiger charge is -2.38. The highest BCUT2D eigenvalue weighted by molar-refractivity contribution is 5.97. The van der Waals surface area contributed by atoms with Gasteiger partial charge in [-0.3, -0.25) is 14.8 Å². The van der Waals surface area contributed by atoms with E-state index in [-0.39, 0.29) is 0 Å². The number of imidazole rings is 1. The Morgan fingerprint density at radius 3 is 2.62 bits per heavy atom. The largest absolute Gasteiger partial charge is 0.379 e. The third-order valence-corrected chi connectivity index (χ3v) is 7.45. The van der Waals surface area contributed by atoms with Crippen molar-refractivity contribution in [3.8, 4) is 5.82 Å². The summed E-state index contributed by atoms with van der Waals surface area (Å²) in [7, 11) is 0. The number of hydrogen-bond donors (Lipinski definition) is 2. The number of anilines is 1. The molecule has 0 radical (unpaired) electrons. The molecule has 0 saturated carbocycles. The lowest BCUT2D eigenvalue weighted by Crippen LogP contribution is -2.53. The molecule has 2 aliphatic heterocycles. The van der Waals surface area contributed by atoms with Gasteiger partial charge in [-0.1, -0.05) is 19.1 Å². The van der Waals surface area contributed by atoms with Gasteiger partial charge in [0.15, 0.2) is 0 Å². The number of benzene rings is 2. The van der Waals surface area contributed by atoms with Crippen molar-refractivity contribution in [2.24, 2.45) is 5.73 Å². The number of hydrogen-bond acceptors (Lipinski definition) is 7. The van der Waals surface area contributed by atoms with Gasteiger partial charge in [0, 0.05) is 49.6 Å². The first-order valence-corrected chi connectivity index (χ1v) is 13.2. The van der Waals surface area contributed by atoms with E-state index in [0.717, 1.165) is 92.2 Å². The summed E-state index contributed by atoms with van der Waals surface area (Å²) in [4.78, 5) is 24.1. The average molecular weight is 500 g/mol. The molecular weight excluding hydrogens is 466 g/mol. The van der Waals surface area contributed by atoms with Crippen LogP contribution in [0.15, 0.2) is 48.5 Å². The predicted octanol–water partition coefficient (Wildman–Crippen LogP) is 3.04. The molecule has 0 spiro atoms. The highest BCUT2D eigenvalue weighted by Gasteiger charge is 2.24. The highest BCUT2D eigenvalue weighted by Crippen LogP contribution is 2.30. The minimum atomic E-state index is -0.452. The molecule has 2 saturated heterocycles. The number of nitrogens with two attached hydrogens (primary N) is 1. The Balaban J connectivity index is 1.30. The number of piperidine rings is 1. The molecule has 2 aromatic carbocycles. The number of morpholine rings is 1. The van der Waals surface area contributed by atoms with Gasteiger partial charge in [-0.25, -0.2) is 15.0 Å². The van der Waals surface area contributed by atoms with Gasteiger partial charge in [0.2, 0.25) is 5.91 Å². The zero-order chi connectivity index (χ0) is 25.4. The first-order chi connectivity index (χ1) is 18.1. The van der Waals surface area contributed by atoms with Crippen LogP contribution < -0.4 is 16.1 Å². The number of carbonyl (C=O) groups excluding carboxylic acids is 1. The molecule has 4 heterocycles. The van der Waals surface area contributed by atoms with Crippen molar-refractivity contribution >= 4 is 33.5 Å². The van der Waals surface area contributed by atoms with Gasteiger partial charge in [-0.05, 0) is 49.2 Å². The van der Waals surface area contributed by atoms with E-state index >= 15 is 0 Å². The van der Waals surface area contributed by atoms with Gasteiger partial charge >= 0.3 is 0 Å². The molecule has 0 unspecified atom stereocenters. The molecule has 9 heteroatoms. The maximum absolute atomic E-state index is 11.7. The van der Waals surface area contributed by atoms with Crippen molar-refractivity contribution in [3.05, 3.63) is 59.9 Å². The first kappa shape index (κ1) is 23.8. The number of hydrazine groups is 1. The number of ether oxygens (including phenoxy) is 1. The van der Waals surface area contributed by atoms with E-state index < -0.39 is 5.91 Å². The Labute approximate surface area is 216 Å². The lowest BCUT2D eigenvalue weighted by atomic mass is 10.0. The van der Waals surface area contributed by atoms with Crippen molar-refractivity contribution in [2.75, 3.05) is 44.3 Å². The van der Waals surface area contributed by atoms with Gasteiger partial charge in [0.25, 0.3) is 0 Å². The second-order valence-corrected chi connectivity index (χ2v) is 9.79. The van der Waals surface area contributed by atoms with Gasteiger partial charge < -0.3 is 15.4 Å². The molecule has 0 bridgehead atoms. The number of fused-ring (bicyclic) bond motifs is 2. The minimum Gasteiger partial charge on any atom is -0.379 e. The van der Waals surface area contributed by atoms with Gasteiger partial charge in [0.1, 0.15) is 11.6 Å². The summed E-state index contributed by atoms with van der Waals surface area (Å²) in [5.74, 6) is 1.28. The number of carbonyl (C=O) groups is 1. The van der Waals surface area contributed by atoms with Gasteiger partial charge in [-0.2, -0.15) is 0 Å². The Bertz CT molecular complexity index is 1440. The molecule has 2 aliphatic rings. The molecule has 6 rings (SSSR count). The first-order valence-electron chi connectivity index (χ1n) is 13.2. The van der Waals surface area contributed by atoms with Crippen LogP contribution in [0, 0.1) is 0 Å². The number of rotatable bonds is 6. The standard InChI is InChI=1S/C28H33N7O2/c1-2-25-30-22-18-20(28(29)36)6-8-23(22)35(25)26-9-7-19-4-3-5-24(27(19)31-26)33-12-10-21(11-13-33)32-34-14-16-37-17-15-34/h3-9,18,21,32H,2,10-17H2,1H3,(H2,29,36). The van der Waals surface area contributed by atoms with Gasteiger partial charge in [-0.15, -0.1) is 0 Å². The predicted molar refractivity (Wildman–Crippen MR) is 145 cm³/mol. The number of nitrogens with one attached hydrogen (secondary N) is 1. The molecule has 192 valence electrons. The zero-order valence-corrected chi connectivity index (χ0v) is 21.2. The Hall–Kier alpha value is -3.53. The number of para-hydroxylation sites is 1. The lowest BCUT2D eigenvalue weighted by molar-refractivity contribution is 0.00156. The van der Waals surface area contributed by atoms with Crippen LogP contribution in [0.2, 0.25) is 0 Å². The van der Waals surface area contributed by atoms with Crippen LogP contribution in [0.25, 0.3) is 27.8 Å². The summed E-state index contributed by atoms with van der Waals surface area (Å²) in [5, 5.41) is 3.43. The van der Waals surface area contributed by atoms with Crippen LogP contribution in [0.1, 0.15) is 35.9 Å². The zero-order valence-electron chi connectivity index (χ0n) is 21.2. The Kier molecular flexibility index (Phi) is 6.50. The Morgan fingerprint density at radius 2 is 1.86 bits per heavy atom. The van der Waals surface area contributed by atoms with E-state index in [9.17, 15) is 4.79 Å². The van der Waals surface area contributed by atoms with Crippen molar-refractivity contribution < 1.29 is 9.53 Å². The summed E-state index contributed by atoms with van der Waals surface area (Å²) >= 11 is 0. The molecule has 3 N–H and O–H groups in total. The van der Waals surface area contributed by atoms with Crippen molar-refractivity contribution in [3.63, 3.8) is 0 Å². The van der Waals surface area contributed by atoms with E-state index in [1.165, 1.54) is 5.69 Å². The number of pyridine rings is 1. The molecule has 2 fully saturated rings. The SMILES string of the molecule is CCc1nc2cc(C(N)=O)ccc2n1-c1ccc2cccc(N3CCC(NN4CCOCC4)CC3)c2n1. The number of amides is 1. The Morgan fingerprint density at radius 1 is 1.05 bits per heavy atom. The second-order valence-electron chi connectivity index (χ2n) is 9.79. The molecule has 9 nitrogen and oxygen atoms in total. The highest BCUT2D eigenvalue weighted by atomic mass is 16.5. The third kappa shape index (κ3) is 4.66. The monoisotopic (exact) mass is 499 g/mol. The van der Waals surface area contributed by atoms with Crippen LogP contribution >= 0.6 is 0 Å². The normalized spacial score (nSPS) is 17.6. The number of aromatic nitrogens is 3. The smallest absolute Gasteiger partial charge is 0.248 e. The third-order valence-electron chi connectivity index (χ3n) is 7.45. The second kappa shape index (κ2) is 10.1. The van der Waals surface area contributed by atoms with Crippen LogP contribution in [0.4, 0.5) is 5.69 Å². The molecule has 0 aliphatic carbocycles. The number of nitrogens with zero attached hydrogens (tertiary/aromatic N) is 5. The minimum absolute atomic E-state index is 0.452. The van der Waals surface area contributed by atoms with Gasteiger partial charge in [0.05, 0.1) is 35.5 Å². The fourth-order valence-corrected chi connectivity index (χ4v) is 5.48. The van der Waals surface area contributed by atoms with Crippen LogP contribution in [-0.2, 0) is 11.2 Å². The molecular formula is C28H33N7O2. The van der Waals surface area contributed by atoms with E-state index in [1.54, 1.807) is 12.1 Å². The number of primary amides is 1. The van der Waals surface area contributed by atoms with E-state index in [1.807, 2.05) is 12.1 Å². The molecule has 0 atom stereocenters. The molecule has 2 aromatic heterocycles. The van der Waals surface area contributed by atoms with Crippen LogP contribution in [-0.4, -0.2) is 70.9 Å². The van der Waals surface area contributed by atoms with E-state index in [4.69, 9.17) is 20.4 Å². The topological polar surface area (TPSA) is 102 Å². The summed E-state index contributed by atoms with van der Waals surface area (Å²) in [6.07, 6.45) is 2.91. The van der Waals surface area contributed by atoms with Crippen molar-refractivity contribution in [1.29, 1.82) is 0 Å². The van der Waals surface area contributed by atoms with Crippen LogP contribution in [0.3, 0.4) is 0 Å². The molecule has 4 aromatic rings. The van der Waals surface area contributed by atoms with Crippen molar-refractivity contribution in [2.45, 2.75) is 32.2 Å². The van der Waals surface area contributed by atoms with Crippen LogP contribution in [0.5, 0.6) is 0 Å². The summed E-state index contributed by atoms with van der Waals surface area (Å²) in [6, 6.07) is 16.5. The molecule has 37 heavy (non-hydrogen) atoms. The van der Waals surface area contributed by atoms with E-state index in [2.05, 4.69) is 51.1 Å². The van der Waals surface area contributed by atoms with E-state index in [0.29, 0.717) is 11.6 Å². The summed E-state index contributed by atoms with van der Waals surface area (Å²) < 4.78 is 7.56. The van der Waals surface area contributed by atoms with Crippen molar-refractivity contribution in [1.82, 2.24) is 25.0 Å². The molecule has 1 amide bonds. The fraction of sp³-hybridized carbons (Fsp3) is 0.393.